The molecule has 1 N–H and O–H groups in total. The molecule has 62 heavy (non-hydrogen) atoms. The number of phenolic OH excluding ortho intramolecular Hbond substituents is 1. The third kappa shape index (κ3) is 8.86. The molecule has 0 bridgehead atoms. The quantitative estimate of drug-likeness (QED) is 0.154. The molecule has 0 spiro atoms. The Labute approximate surface area is 389 Å². The van der Waals surface area contributed by atoms with Crippen molar-refractivity contribution in [3.63, 3.8) is 0 Å². The summed E-state index contributed by atoms with van der Waals surface area (Å²) in [6.07, 6.45) is 1.85. The number of fused-ring (bicyclic) bond motifs is 1. The summed E-state index contributed by atoms with van der Waals surface area (Å²) < 4.78 is 37.5. The van der Waals surface area contributed by atoms with Crippen LogP contribution in [0.2, 0.25) is 0 Å². The first kappa shape index (κ1) is 39.3. The van der Waals surface area contributed by atoms with Crippen LogP contribution in [0.25, 0.3) is 72.7 Å². The van der Waals surface area contributed by atoms with Gasteiger partial charge in [-0.15, -0.1) is 29.3 Å². The van der Waals surface area contributed by atoms with E-state index in [1.54, 1.807) is 24.3 Å². The van der Waals surface area contributed by atoms with Gasteiger partial charge in [-0.2, -0.15) is 0 Å². The first-order valence-corrected chi connectivity index (χ1v) is 21.2. The number of aryl methyl sites for hydroxylation is 1. The fraction of sp³-hybridized carbons (Fsp3) is 0.263. The average molecular weight is 1000 g/mol. The molecule has 8 rings (SSSR count). The fourth-order valence-electron chi connectivity index (χ4n) is 7.96. The van der Waals surface area contributed by atoms with Crippen molar-refractivity contribution in [2.75, 3.05) is 0 Å². The van der Waals surface area contributed by atoms with Gasteiger partial charge >= 0.3 is 0 Å². The second-order valence-electron chi connectivity index (χ2n) is 18.9. The number of benzene rings is 6. The van der Waals surface area contributed by atoms with Gasteiger partial charge in [0.25, 0.3) is 0 Å². The van der Waals surface area contributed by atoms with Gasteiger partial charge < -0.3 is 5.11 Å². The van der Waals surface area contributed by atoms with E-state index in [4.69, 9.17) is 15.5 Å². The molecule has 5 heteroatoms. The Kier molecular flexibility index (Phi) is 11.0. The van der Waals surface area contributed by atoms with Gasteiger partial charge in [-0.1, -0.05) is 159 Å². The minimum Gasteiger partial charge on any atom is -0.507 e. The Morgan fingerprint density at radius 3 is 1.98 bits per heavy atom. The molecule has 2 heterocycles. The number of pyridine rings is 1. The standard InChI is InChI=1S/C57H58N3O.Pt/c1-35(2)41-28-42(36(3)4)30-43(29-41)39-21-24-51(37(5)27-39)60-52-17-14-16-48(54(52)59-55(60)49-15-12-13-18-53(49)61)44-31-45(33-47(32-44)57(9,10)11)50-34-40(25-26-58-50)38-19-22-46(23-20-38)56(6,7)8;/h12-30,32-36,61H,1-11H3;/q-1;/i5D3,35D;. The van der Waals surface area contributed by atoms with Crippen LogP contribution in [0.5, 0.6) is 5.75 Å². The molecule has 0 aliphatic rings. The Hall–Kier alpha value is -5.57. The number of nitrogens with zero attached hydrogens (tertiary/aromatic N) is 3. The van der Waals surface area contributed by atoms with E-state index in [1.807, 2.05) is 73.1 Å². The number of phenols is 1. The summed E-state index contributed by atoms with van der Waals surface area (Å²) in [6.45, 7) is 18.7. The SMILES string of the molecule is [2H]C([2H])([2H])c1cc(-c2cc(C(C)C)cc(C([2H])(C)C)c2)ccc1-n1c(-c2ccccc2O)nc2c(-c3[c-]c(-c4cc(-c5ccc(C(C)(C)C)cc5)ccn4)cc(C(C)(C)C)c3)cccc21.[Pt]. The molecule has 0 atom stereocenters. The zero-order valence-corrected chi connectivity index (χ0v) is 39.7. The minimum absolute atomic E-state index is 0. The topological polar surface area (TPSA) is 50.9 Å². The van der Waals surface area contributed by atoms with Gasteiger partial charge in [0, 0.05) is 38.4 Å². The molecular weight excluding hydrogens is 938 g/mol. The van der Waals surface area contributed by atoms with Gasteiger partial charge in [-0.05, 0) is 110 Å². The van der Waals surface area contributed by atoms with Crippen LogP contribution in [0, 0.1) is 12.9 Å². The van der Waals surface area contributed by atoms with Crippen molar-refractivity contribution in [2.45, 2.75) is 98.7 Å². The first-order valence-electron chi connectivity index (χ1n) is 23.2. The maximum absolute atomic E-state index is 11.4. The van der Waals surface area contributed by atoms with Crippen LogP contribution in [0.15, 0.2) is 134 Å². The van der Waals surface area contributed by atoms with Crippen LogP contribution in [0.3, 0.4) is 0 Å². The van der Waals surface area contributed by atoms with Crippen molar-refractivity contribution >= 4 is 11.0 Å². The van der Waals surface area contributed by atoms with Crippen LogP contribution in [0.1, 0.15) is 114 Å². The number of aromatic nitrogens is 3. The summed E-state index contributed by atoms with van der Waals surface area (Å²) in [6, 6.07) is 45.6. The first-order chi connectivity index (χ1) is 30.5. The summed E-state index contributed by atoms with van der Waals surface area (Å²) >= 11 is 0. The molecule has 4 nitrogen and oxygen atoms in total. The zero-order chi connectivity index (χ0) is 46.8. The molecular formula is C57H58N3OPt-. The Balaban J connectivity index is 0.00000648. The third-order valence-corrected chi connectivity index (χ3v) is 11.7. The summed E-state index contributed by atoms with van der Waals surface area (Å²) in [4.78, 5) is 10.2. The molecule has 2 aromatic heterocycles. The second kappa shape index (κ2) is 17.3. The van der Waals surface area contributed by atoms with Crippen LogP contribution < -0.4 is 0 Å². The molecule has 0 fully saturated rings. The maximum atomic E-state index is 11.4. The van der Waals surface area contributed by atoms with Crippen LogP contribution in [-0.4, -0.2) is 19.6 Å². The smallest absolute Gasteiger partial charge is 0.148 e. The number of hydrogen-bond donors (Lipinski definition) is 1. The summed E-state index contributed by atoms with van der Waals surface area (Å²) in [7, 11) is 0. The third-order valence-electron chi connectivity index (χ3n) is 11.7. The molecule has 0 amide bonds. The predicted molar refractivity (Wildman–Crippen MR) is 257 cm³/mol. The molecule has 8 aromatic rings. The van der Waals surface area contributed by atoms with Crippen LogP contribution >= 0.6 is 0 Å². The van der Waals surface area contributed by atoms with Crippen molar-refractivity contribution in [3.05, 3.63) is 167 Å². The average Bonchev–Trinajstić information content (AvgIpc) is 3.64. The van der Waals surface area contributed by atoms with E-state index >= 15 is 0 Å². The van der Waals surface area contributed by atoms with Crippen LogP contribution in [0.4, 0.5) is 0 Å². The largest absolute Gasteiger partial charge is 0.507 e. The number of rotatable bonds is 8. The number of aromatic hydroxyl groups is 1. The van der Waals surface area contributed by atoms with Crippen LogP contribution in [-0.2, 0) is 31.9 Å². The second-order valence-corrected chi connectivity index (χ2v) is 18.9. The number of imidazole rings is 1. The van der Waals surface area contributed by atoms with Gasteiger partial charge in [0.05, 0.1) is 22.3 Å². The van der Waals surface area contributed by atoms with Gasteiger partial charge in [0.2, 0.25) is 0 Å². The van der Waals surface area contributed by atoms with E-state index < -0.39 is 12.7 Å². The van der Waals surface area contributed by atoms with Gasteiger partial charge in [-0.3, -0.25) is 9.55 Å². The van der Waals surface area contributed by atoms with Crippen molar-refractivity contribution in [1.82, 2.24) is 14.5 Å². The Morgan fingerprint density at radius 2 is 1.31 bits per heavy atom. The van der Waals surface area contributed by atoms with E-state index in [9.17, 15) is 5.11 Å². The molecule has 0 radical (unpaired) electrons. The van der Waals surface area contributed by atoms with Gasteiger partial charge in [0.15, 0.2) is 0 Å². The zero-order valence-electron chi connectivity index (χ0n) is 41.4. The van der Waals surface area contributed by atoms with E-state index in [-0.39, 0.29) is 49.1 Å². The molecule has 0 unspecified atom stereocenters. The Morgan fingerprint density at radius 1 is 0.645 bits per heavy atom. The molecule has 0 aliphatic carbocycles. The fourth-order valence-corrected chi connectivity index (χ4v) is 7.96. The Bertz CT molecular complexity index is 3070. The van der Waals surface area contributed by atoms with Gasteiger partial charge in [0.1, 0.15) is 11.6 Å². The molecule has 0 aliphatic heterocycles. The number of hydrogen-bond acceptors (Lipinski definition) is 3. The van der Waals surface area contributed by atoms with E-state index in [2.05, 4.69) is 116 Å². The van der Waals surface area contributed by atoms with Crippen molar-refractivity contribution in [1.29, 1.82) is 0 Å². The molecule has 318 valence electrons. The van der Waals surface area contributed by atoms with Crippen molar-refractivity contribution in [3.8, 4) is 67.5 Å². The molecule has 6 aromatic carbocycles. The van der Waals surface area contributed by atoms with Gasteiger partial charge in [-0.25, -0.2) is 4.98 Å². The monoisotopic (exact) mass is 999 g/mol. The predicted octanol–water partition coefficient (Wildman–Crippen LogP) is 15.4. The van der Waals surface area contributed by atoms with E-state index in [0.717, 1.165) is 61.3 Å². The normalized spacial score (nSPS) is 13.3. The van der Waals surface area contributed by atoms with Crippen molar-refractivity contribution < 1.29 is 31.7 Å². The van der Waals surface area contributed by atoms with E-state index in [0.29, 0.717) is 28.1 Å². The van der Waals surface area contributed by atoms with E-state index in [1.165, 1.54) is 5.56 Å². The molecule has 0 saturated heterocycles. The van der Waals surface area contributed by atoms with Crippen molar-refractivity contribution in [2.24, 2.45) is 0 Å². The summed E-state index contributed by atoms with van der Waals surface area (Å²) in [5, 5.41) is 11.4. The summed E-state index contributed by atoms with van der Waals surface area (Å²) in [5.74, 6) is -0.212. The minimum atomic E-state index is -2.53. The maximum Gasteiger partial charge on any atom is 0.148 e. The summed E-state index contributed by atoms with van der Waals surface area (Å²) in [5.41, 5.74) is 13.5. The molecule has 0 saturated carbocycles. The number of para-hydroxylation sites is 2.